The molecule has 0 atom stereocenters. The van der Waals surface area contributed by atoms with Crippen LogP contribution in [0.2, 0.25) is 0 Å². The predicted octanol–water partition coefficient (Wildman–Crippen LogP) is 5.45. The second-order valence-electron chi connectivity index (χ2n) is 9.59. The number of rotatable bonds is 0. The van der Waals surface area contributed by atoms with Crippen LogP contribution in [0.3, 0.4) is 0 Å². The van der Waals surface area contributed by atoms with Gasteiger partial charge in [0.15, 0.2) is 0 Å². The Balaban J connectivity index is 1.27. The maximum absolute atomic E-state index is 6.11. The average molecular weight is 459 g/mol. The SMILES string of the molecule is [B]1OCC2(COOCC3(CO1)c1ccccc1-c1ccccc13)c1ccccc1-c1ccccc12. The Morgan fingerprint density at radius 3 is 1.09 bits per heavy atom. The molecule has 0 amide bonds. The summed E-state index contributed by atoms with van der Waals surface area (Å²) in [5, 5.41) is 0. The molecule has 171 valence electrons. The Bertz CT molecular complexity index is 1220. The van der Waals surface area contributed by atoms with Crippen LogP contribution in [-0.4, -0.2) is 34.1 Å². The van der Waals surface area contributed by atoms with E-state index in [1.165, 1.54) is 52.2 Å². The molecule has 7 rings (SSSR count). The predicted molar refractivity (Wildman–Crippen MR) is 135 cm³/mol. The van der Waals surface area contributed by atoms with E-state index in [4.69, 9.17) is 19.1 Å². The van der Waals surface area contributed by atoms with Crippen LogP contribution in [0.4, 0.5) is 0 Å². The Hall–Kier alpha value is -3.22. The zero-order chi connectivity index (χ0) is 23.3. The summed E-state index contributed by atoms with van der Waals surface area (Å²) in [6, 6.07) is 33.9. The molecule has 1 radical (unpaired) electrons. The summed E-state index contributed by atoms with van der Waals surface area (Å²) in [6.45, 7) is 1.47. The van der Waals surface area contributed by atoms with Gasteiger partial charge >= 0.3 is 7.69 Å². The first-order valence-corrected chi connectivity index (χ1v) is 12.0. The lowest BCUT2D eigenvalue weighted by molar-refractivity contribution is -0.309. The van der Waals surface area contributed by atoms with Gasteiger partial charge in [0.2, 0.25) is 0 Å². The van der Waals surface area contributed by atoms with Gasteiger partial charge in [-0.2, -0.15) is 0 Å². The van der Waals surface area contributed by atoms with Crippen LogP contribution in [0.15, 0.2) is 97.1 Å². The molecule has 1 fully saturated rings. The summed E-state index contributed by atoms with van der Waals surface area (Å²) in [5.41, 5.74) is 8.59. The number of benzene rings is 4. The molecule has 0 saturated carbocycles. The summed E-state index contributed by atoms with van der Waals surface area (Å²) in [4.78, 5) is 12.2. The third kappa shape index (κ3) is 3.03. The van der Waals surface area contributed by atoms with E-state index >= 15 is 0 Å². The van der Waals surface area contributed by atoms with Gasteiger partial charge in [-0.15, -0.1) is 0 Å². The molecule has 4 nitrogen and oxygen atoms in total. The fourth-order valence-corrected chi connectivity index (χ4v) is 6.22. The summed E-state index contributed by atoms with van der Waals surface area (Å²) < 4.78 is 12.2. The molecule has 3 aliphatic rings. The highest BCUT2D eigenvalue weighted by Crippen LogP contribution is 2.51. The molecule has 1 saturated heterocycles. The second kappa shape index (κ2) is 8.18. The van der Waals surface area contributed by atoms with Crippen molar-refractivity contribution in [2.24, 2.45) is 0 Å². The Morgan fingerprint density at radius 2 is 0.743 bits per heavy atom. The van der Waals surface area contributed by atoms with E-state index in [1.54, 1.807) is 0 Å². The van der Waals surface area contributed by atoms with Crippen LogP contribution in [0, 0.1) is 0 Å². The van der Waals surface area contributed by atoms with Crippen molar-refractivity contribution in [1.82, 2.24) is 0 Å². The van der Waals surface area contributed by atoms with Gasteiger partial charge < -0.3 is 9.31 Å². The van der Waals surface area contributed by atoms with Crippen molar-refractivity contribution < 1.29 is 19.1 Å². The Labute approximate surface area is 205 Å². The first-order valence-electron chi connectivity index (χ1n) is 12.0. The van der Waals surface area contributed by atoms with E-state index in [9.17, 15) is 0 Å². The van der Waals surface area contributed by atoms with Gasteiger partial charge in [0.25, 0.3) is 0 Å². The minimum Gasteiger partial charge on any atom is -0.412 e. The first kappa shape index (κ1) is 21.1. The van der Waals surface area contributed by atoms with Gasteiger partial charge in [-0.3, -0.25) is 0 Å². The van der Waals surface area contributed by atoms with E-state index < -0.39 is 10.8 Å². The minimum atomic E-state index is -0.490. The summed E-state index contributed by atoms with van der Waals surface area (Å²) in [5.74, 6) is 0. The Morgan fingerprint density at radius 1 is 0.429 bits per heavy atom. The zero-order valence-electron chi connectivity index (χ0n) is 19.3. The third-order valence-electron chi connectivity index (χ3n) is 7.84. The average Bonchev–Trinajstić information content (AvgIpc) is 3.33. The van der Waals surface area contributed by atoms with Crippen molar-refractivity contribution in [2.45, 2.75) is 10.8 Å². The number of hydrogen-bond acceptors (Lipinski definition) is 4. The topological polar surface area (TPSA) is 36.9 Å². The summed E-state index contributed by atoms with van der Waals surface area (Å²) >= 11 is 0. The lowest BCUT2D eigenvalue weighted by atomic mass is 9.79. The lowest BCUT2D eigenvalue weighted by Crippen LogP contribution is -2.38. The second-order valence-corrected chi connectivity index (χ2v) is 9.59. The highest BCUT2D eigenvalue weighted by molar-refractivity contribution is 6.18. The van der Waals surface area contributed by atoms with Crippen LogP contribution in [-0.2, 0) is 29.9 Å². The molecule has 35 heavy (non-hydrogen) atoms. The fraction of sp³-hybridized carbons (Fsp3) is 0.200. The van der Waals surface area contributed by atoms with E-state index in [-0.39, 0.29) is 0 Å². The van der Waals surface area contributed by atoms with E-state index in [1.807, 2.05) is 0 Å². The molecule has 1 aliphatic heterocycles. The standard InChI is InChI=1S/C30H24BO4/c1-5-13-25-21(9-1)22-10-2-6-14-26(22)29(25)17-32-31-33-18-30(20-35-34-19-29)27-15-7-3-11-23(27)24-12-4-8-16-28(24)30/h1-16H,17-20H2. The Kier molecular flexibility index (Phi) is 4.93. The fourth-order valence-electron chi connectivity index (χ4n) is 6.22. The van der Waals surface area contributed by atoms with E-state index in [0.717, 1.165) is 0 Å². The molecule has 2 aliphatic carbocycles. The van der Waals surface area contributed by atoms with Crippen LogP contribution in [0.1, 0.15) is 22.3 Å². The molecule has 0 aromatic heterocycles. The molecule has 4 aromatic carbocycles. The molecule has 0 unspecified atom stereocenters. The highest BCUT2D eigenvalue weighted by atomic mass is 17.2. The maximum atomic E-state index is 6.11. The van der Waals surface area contributed by atoms with E-state index in [0.29, 0.717) is 26.4 Å². The number of fused-ring (bicyclic) bond motifs is 10. The van der Waals surface area contributed by atoms with Crippen LogP contribution in [0.25, 0.3) is 22.3 Å². The van der Waals surface area contributed by atoms with E-state index in [2.05, 4.69) is 97.1 Å². The molecule has 5 heteroatoms. The zero-order valence-corrected chi connectivity index (χ0v) is 19.3. The van der Waals surface area contributed by atoms with Gasteiger partial charge in [-0.05, 0) is 44.5 Å². The van der Waals surface area contributed by atoms with Crippen molar-refractivity contribution in [3.8, 4) is 22.3 Å². The van der Waals surface area contributed by atoms with Crippen molar-refractivity contribution in [2.75, 3.05) is 26.4 Å². The molecule has 0 N–H and O–H groups in total. The minimum absolute atomic E-state index is 0.342. The molecule has 0 bridgehead atoms. The molecule has 4 aromatic rings. The highest BCUT2D eigenvalue weighted by Gasteiger charge is 2.47. The van der Waals surface area contributed by atoms with Gasteiger partial charge in [-0.25, -0.2) is 9.78 Å². The van der Waals surface area contributed by atoms with Crippen LogP contribution >= 0.6 is 0 Å². The van der Waals surface area contributed by atoms with Crippen molar-refractivity contribution in [3.63, 3.8) is 0 Å². The quantitative estimate of drug-likeness (QED) is 0.259. The smallest absolute Gasteiger partial charge is 0.412 e. The summed E-state index contributed by atoms with van der Waals surface area (Å²) in [6.07, 6.45) is 0. The van der Waals surface area contributed by atoms with Crippen molar-refractivity contribution in [3.05, 3.63) is 119 Å². The van der Waals surface area contributed by atoms with Gasteiger partial charge in [-0.1, -0.05) is 97.1 Å². The molecular weight excluding hydrogens is 435 g/mol. The molecular formula is C30H24BO4. The monoisotopic (exact) mass is 459 g/mol. The van der Waals surface area contributed by atoms with Crippen LogP contribution in [0.5, 0.6) is 0 Å². The maximum Gasteiger partial charge on any atom is 0.488 e. The van der Waals surface area contributed by atoms with Crippen molar-refractivity contribution in [1.29, 1.82) is 0 Å². The van der Waals surface area contributed by atoms with Crippen LogP contribution < -0.4 is 0 Å². The van der Waals surface area contributed by atoms with Gasteiger partial charge in [0.05, 0.1) is 24.0 Å². The van der Waals surface area contributed by atoms with Gasteiger partial charge in [0, 0.05) is 13.2 Å². The largest absolute Gasteiger partial charge is 0.488 e. The first-order chi connectivity index (χ1) is 17.3. The molecule has 1 heterocycles. The number of hydrogen-bond donors (Lipinski definition) is 0. The molecule has 2 spiro atoms. The normalized spacial score (nSPS) is 19.2. The third-order valence-corrected chi connectivity index (χ3v) is 7.84. The van der Waals surface area contributed by atoms with Crippen molar-refractivity contribution >= 4 is 7.69 Å². The summed E-state index contributed by atoms with van der Waals surface area (Å²) in [7, 11) is 1.50. The van der Waals surface area contributed by atoms with Gasteiger partial charge in [0.1, 0.15) is 0 Å². The lowest BCUT2D eigenvalue weighted by Gasteiger charge is -2.32.